The fourth-order valence-electron chi connectivity index (χ4n) is 6.49. The first kappa shape index (κ1) is 74.7. The first-order chi connectivity index (χ1) is 31.1. The molecule has 0 aliphatic heterocycles. The van der Waals surface area contributed by atoms with E-state index in [0.29, 0.717) is 5.92 Å². The molecule has 3 rings (SSSR count). The number of halogens is 1. The zero-order valence-corrected chi connectivity index (χ0v) is 46.4. The number of carbonyl (C=O) groups excluding carboxylic acids is 6. The number of alkyl halides is 1. The number of amides is 2. The molecule has 0 spiro atoms. The van der Waals surface area contributed by atoms with Gasteiger partial charge in [-0.3, -0.25) is 19.2 Å². The molecule has 0 aromatic carbocycles. The van der Waals surface area contributed by atoms with Crippen LogP contribution < -0.4 is 45.9 Å². The number of hydrogen-bond acceptors (Lipinski definition) is 17. The van der Waals surface area contributed by atoms with Gasteiger partial charge < -0.3 is 66.0 Å². The number of ether oxygens (including phenoxy) is 6. The number of alkyl carbamates (subject to hydrolysis) is 2. The minimum Gasteiger partial charge on any atom is -0.870 e. The van der Waals surface area contributed by atoms with Gasteiger partial charge in [0.25, 0.3) is 0 Å². The van der Waals surface area contributed by atoms with Crippen molar-refractivity contribution >= 4 is 58.0 Å². The van der Waals surface area contributed by atoms with Crippen molar-refractivity contribution < 1.29 is 91.4 Å². The van der Waals surface area contributed by atoms with Crippen LogP contribution in [0.4, 0.5) is 9.59 Å². The van der Waals surface area contributed by atoms with E-state index in [1.54, 1.807) is 27.7 Å². The third kappa shape index (κ3) is 39.2. The molecule has 0 saturated heterocycles. The van der Waals surface area contributed by atoms with Crippen LogP contribution in [0.5, 0.6) is 0 Å². The second-order valence-electron chi connectivity index (χ2n) is 18.8. The Bertz CT molecular complexity index is 1400. The Morgan fingerprint density at radius 3 is 1.14 bits per heavy atom. The zero-order chi connectivity index (χ0) is 52.3. The van der Waals surface area contributed by atoms with Crippen LogP contribution in [0.2, 0.25) is 0 Å². The summed E-state index contributed by atoms with van der Waals surface area (Å²) in [6.45, 7) is 15.0. The molecular formula is C47H91BrLiN5O15. The number of carboxylic acids is 1. The van der Waals surface area contributed by atoms with Gasteiger partial charge in [-0.25, -0.2) is 14.4 Å². The molecule has 8 N–H and O–H groups in total. The van der Waals surface area contributed by atoms with Gasteiger partial charge in [0.05, 0.1) is 42.7 Å². The van der Waals surface area contributed by atoms with Gasteiger partial charge in [0.15, 0.2) is 0 Å². The van der Waals surface area contributed by atoms with Crippen LogP contribution in [-0.2, 0) is 52.4 Å². The molecular weight excluding hydrogens is 961 g/mol. The summed E-state index contributed by atoms with van der Waals surface area (Å²) in [6, 6.07) is 0. The van der Waals surface area contributed by atoms with Crippen molar-refractivity contribution in [3.8, 4) is 0 Å². The van der Waals surface area contributed by atoms with E-state index in [2.05, 4.69) is 60.9 Å². The first-order valence-electron chi connectivity index (χ1n) is 23.2. The molecule has 3 aliphatic rings. The van der Waals surface area contributed by atoms with Crippen LogP contribution in [0.15, 0.2) is 0 Å². The summed E-state index contributed by atoms with van der Waals surface area (Å²) in [5.41, 5.74) is 2.08. The average molecular weight is 1050 g/mol. The summed E-state index contributed by atoms with van der Waals surface area (Å²) in [6.07, 6.45) is 19.1. The molecule has 0 unspecified atom stereocenters. The molecule has 402 valence electrons. The molecule has 0 aromatic rings. The largest absolute Gasteiger partial charge is 1.00 e. The standard InChI is InChI=1S/C12H23NO2.C11H21NO2.C7H13Br.C7H13NO4.C5H9NO4.C5H11NO2.Li.H2O/c1-12(2,11(14)15-3)13-9-10-7-5-4-6-8-10;1-11(2,10(13)14)12-8-9-6-4-3-5-7-9;8-6-7-4-2-1-3-5-7;1-7(2,5(9)11-3)8-6(10)12-4;1-9-4(7)3-6-5(8)10-2;1-5(2,6)4(7)8-3;;/h10,13H,4-9H2,1-3H3;9,12H,3-8H2,1-2H3,(H,13,14);7H,1-6H2;1-4H3,(H,8,10);3H2,1-2H3,(H,6,8);6H2,1-3H3;;1H2/q;;;;;;+1;/p-1. The van der Waals surface area contributed by atoms with Crippen molar-refractivity contribution in [2.24, 2.45) is 23.5 Å². The van der Waals surface area contributed by atoms with Gasteiger partial charge in [0.2, 0.25) is 0 Å². The quantitative estimate of drug-likeness (QED) is 0.0627. The molecule has 3 fully saturated rings. The van der Waals surface area contributed by atoms with Crippen LogP contribution in [-0.4, -0.2) is 142 Å². The number of rotatable bonds is 14. The Morgan fingerprint density at radius 1 is 0.522 bits per heavy atom. The van der Waals surface area contributed by atoms with Crippen molar-refractivity contribution in [3.05, 3.63) is 0 Å². The van der Waals surface area contributed by atoms with Gasteiger partial charge in [-0.1, -0.05) is 73.7 Å². The second kappa shape index (κ2) is 41.4. The summed E-state index contributed by atoms with van der Waals surface area (Å²) in [5.74, 6) is 0.0521. The average Bonchev–Trinajstić information content (AvgIpc) is 3.32. The number of hydrogen-bond donors (Lipinski definition) is 6. The van der Waals surface area contributed by atoms with Crippen LogP contribution in [0.3, 0.4) is 0 Å². The van der Waals surface area contributed by atoms with E-state index >= 15 is 0 Å². The maximum atomic E-state index is 11.4. The van der Waals surface area contributed by atoms with E-state index in [4.69, 9.17) is 15.6 Å². The van der Waals surface area contributed by atoms with Gasteiger partial charge in [-0.05, 0) is 125 Å². The fourth-order valence-corrected chi connectivity index (χ4v) is 7.14. The van der Waals surface area contributed by atoms with Crippen molar-refractivity contribution in [1.82, 2.24) is 21.3 Å². The molecule has 3 saturated carbocycles. The van der Waals surface area contributed by atoms with E-state index in [1.165, 1.54) is 158 Å². The van der Waals surface area contributed by atoms with Crippen molar-refractivity contribution in [2.45, 2.75) is 174 Å². The smallest absolute Gasteiger partial charge is 0.870 e. The molecule has 22 heteroatoms. The van der Waals surface area contributed by atoms with Crippen molar-refractivity contribution in [1.29, 1.82) is 0 Å². The van der Waals surface area contributed by atoms with Gasteiger partial charge >= 0.3 is 60.9 Å². The summed E-state index contributed by atoms with van der Waals surface area (Å²) in [5, 5.41) is 21.0. The number of esters is 4. The summed E-state index contributed by atoms with van der Waals surface area (Å²) in [7, 11) is 7.68. The van der Waals surface area contributed by atoms with Gasteiger partial charge in [0, 0.05) is 5.33 Å². The van der Waals surface area contributed by atoms with E-state index in [-0.39, 0.29) is 36.9 Å². The zero-order valence-electron chi connectivity index (χ0n) is 44.8. The van der Waals surface area contributed by atoms with Crippen LogP contribution >= 0.6 is 15.9 Å². The Kier molecular flexibility index (Phi) is 44.9. The predicted octanol–water partition coefficient (Wildman–Crippen LogP) is 3.62. The van der Waals surface area contributed by atoms with Gasteiger partial charge in [-0.2, -0.15) is 0 Å². The number of methoxy groups -OCH3 is 6. The molecule has 0 atom stereocenters. The van der Waals surface area contributed by atoms with E-state index in [0.717, 1.165) is 24.9 Å². The molecule has 0 aromatic heterocycles. The maximum Gasteiger partial charge on any atom is 1.00 e. The molecule has 0 heterocycles. The van der Waals surface area contributed by atoms with Crippen molar-refractivity contribution in [2.75, 3.05) is 67.6 Å². The Balaban J connectivity index is -0.000000240. The van der Waals surface area contributed by atoms with E-state index in [1.807, 2.05) is 13.8 Å². The monoisotopic (exact) mass is 1050 g/mol. The molecule has 0 bridgehead atoms. The number of nitrogens with one attached hydrogen (secondary N) is 4. The SMILES string of the molecule is BrCC1CCCCC1.CC(C)(NCC1CCCCC1)C(=O)O.COC(=O)C(C)(C)N.COC(=O)C(C)(C)NCC1CCCCC1.COC(=O)CNC(=O)OC.COC(=O)NC(C)(C)C(=O)OC.[Li+].[OH-]. The summed E-state index contributed by atoms with van der Waals surface area (Å²) >= 11 is 3.51. The number of carbonyl (C=O) groups is 7. The Labute approximate surface area is 433 Å². The minimum atomic E-state index is -1.05. The molecule has 20 nitrogen and oxygen atoms in total. The topological polar surface area (TPSA) is 299 Å². The third-order valence-corrected chi connectivity index (χ3v) is 12.0. The normalized spacial score (nSPS) is 15.1. The van der Waals surface area contributed by atoms with E-state index in [9.17, 15) is 33.6 Å². The molecule has 2 amide bonds. The summed E-state index contributed by atoms with van der Waals surface area (Å²) in [4.78, 5) is 75.1. The third-order valence-electron chi connectivity index (χ3n) is 11.1. The second-order valence-corrected chi connectivity index (χ2v) is 19.5. The number of carboxylic acid groups (broad SMARTS) is 1. The maximum absolute atomic E-state index is 11.4. The van der Waals surface area contributed by atoms with Crippen LogP contribution in [0, 0.1) is 17.8 Å². The van der Waals surface area contributed by atoms with Crippen molar-refractivity contribution in [3.63, 3.8) is 0 Å². The Hall–Kier alpha value is -3.19. The number of aliphatic carboxylic acids is 1. The minimum absolute atomic E-state index is 0. The molecule has 0 radical (unpaired) electrons. The van der Waals surface area contributed by atoms with Gasteiger partial charge in [-0.15, -0.1) is 0 Å². The van der Waals surface area contributed by atoms with E-state index < -0.39 is 58.2 Å². The number of nitrogens with two attached hydrogens (primary N) is 1. The predicted molar refractivity (Wildman–Crippen MR) is 264 cm³/mol. The van der Waals surface area contributed by atoms with Crippen LogP contribution in [0.25, 0.3) is 0 Å². The van der Waals surface area contributed by atoms with Gasteiger partial charge in [0.1, 0.15) is 28.7 Å². The van der Waals surface area contributed by atoms with Crippen LogP contribution in [0.1, 0.15) is 152 Å². The Morgan fingerprint density at radius 2 is 0.870 bits per heavy atom. The first-order valence-corrected chi connectivity index (χ1v) is 24.3. The molecule has 3 aliphatic carbocycles. The fraction of sp³-hybridized carbons (Fsp3) is 0.851. The molecule has 69 heavy (non-hydrogen) atoms. The summed E-state index contributed by atoms with van der Waals surface area (Å²) < 4.78 is 26.3.